The Kier molecular flexibility index (Phi) is 4.68. The van der Waals surface area contributed by atoms with Crippen molar-refractivity contribution >= 4 is 27.5 Å². The van der Waals surface area contributed by atoms with E-state index in [4.69, 9.17) is 4.74 Å². The van der Waals surface area contributed by atoms with Gasteiger partial charge >= 0.3 is 0 Å². The number of carbonyl (C=O) groups excluding carboxylic acids is 1. The Morgan fingerprint density at radius 2 is 1.83 bits per heavy atom. The molecule has 120 valence electrons. The number of amides is 1. The first-order chi connectivity index (χ1) is 11.2. The van der Waals surface area contributed by atoms with E-state index in [0.29, 0.717) is 5.33 Å². The molecule has 1 aliphatic rings. The lowest BCUT2D eigenvalue weighted by molar-refractivity contribution is -0.135. The Bertz CT molecular complexity index is 674. The maximum absolute atomic E-state index is 12.6. The van der Waals surface area contributed by atoms with Crippen LogP contribution >= 0.6 is 15.9 Å². The van der Waals surface area contributed by atoms with Crippen LogP contribution in [-0.4, -0.2) is 29.6 Å². The molecular weight excluding hydrogens is 358 g/mol. The Balaban J connectivity index is 1.96. The third-order valence-electron chi connectivity index (χ3n) is 4.21. The summed E-state index contributed by atoms with van der Waals surface area (Å²) in [5, 5.41) is 10.6. The Morgan fingerprint density at radius 1 is 1.17 bits per heavy atom. The summed E-state index contributed by atoms with van der Waals surface area (Å²) in [6, 6.07) is 17.0. The van der Waals surface area contributed by atoms with Crippen molar-refractivity contribution in [2.24, 2.45) is 5.92 Å². The number of aliphatic hydroxyl groups is 1. The SMILES string of the molecule is COc1ccc(N2C(=O)[C@H]([C@H](O)CBr)[C@H]2c2ccccc2)cc1. The number of methoxy groups -OCH3 is 1. The molecule has 0 radical (unpaired) electrons. The molecule has 2 aromatic carbocycles. The van der Waals surface area contributed by atoms with Gasteiger partial charge in [-0.05, 0) is 29.8 Å². The minimum Gasteiger partial charge on any atom is -0.497 e. The molecule has 0 aliphatic carbocycles. The average molecular weight is 376 g/mol. The summed E-state index contributed by atoms with van der Waals surface area (Å²) >= 11 is 3.28. The van der Waals surface area contributed by atoms with Crippen molar-refractivity contribution in [2.45, 2.75) is 12.1 Å². The molecule has 0 bridgehead atoms. The van der Waals surface area contributed by atoms with Crippen LogP contribution in [0.5, 0.6) is 5.75 Å². The predicted octanol–water partition coefficient (Wildman–Crippen LogP) is 3.16. The standard InChI is InChI=1S/C18H18BrNO3/c1-23-14-9-7-13(8-10-14)20-17(12-5-3-2-4-6-12)16(18(20)22)15(21)11-19/h2-10,15-17,21H,11H2,1H3/t15-,16-,17-/m1/s1. The zero-order valence-electron chi connectivity index (χ0n) is 12.7. The number of halogens is 1. The van der Waals surface area contributed by atoms with E-state index in [1.165, 1.54) is 0 Å². The molecule has 1 aliphatic heterocycles. The number of carbonyl (C=O) groups is 1. The maximum Gasteiger partial charge on any atom is 0.235 e. The van der Waals surface area contributed by atoms with Gasteiger partial charge in [-0.15, -0.1) is 0 Å². The number of ether oxygens (including phenoxy) is 1. The van der Waals surface area contributed by atoms with E-state index in [0.717, 1.165) is 17.0 Å². The van der Waals surface area contributed by atoms with Crippen LogP contribution in [0, 0.1) is 5.92 Å². The first-order valence-corrected chi connectivity index (χ1v) is 8.55. The summed E-state index contributed by atoms with van der Waals surface area (Å²) in [4.78, 5) is 14.4. The molecule has 3 rings (SSSR count). The monoisotopic (exact) mass is 375 g/mol. The normalized spacial score (nSPS) is 21.7. The number of rotatable bonds is 5. The number of aliphatic hydroxyl groups excluding tert-OH is 1. The van der Waals surface area contributed by atoms with Crippen LogP contribution in [0.3, 0.4) is 0 Å². The van der Waals surface area contributed by atoms with Gasteiger partial charge in [0.1, 0.15) is 5.75 Å². The average Bonchev–Trinajstić information content (AvgIpc) is 2.60. The third-order valence-corrected chi connectivity index (χ3v) is 4.87. The molecular formula is C18H18BrNO3. The molecule has 1 heterocycles. The van der Waals surface area contributed by atoms with Crippen molar-refractivity contribution in [1.82, 2.24) is 0 Å². The minimum atomic E-state index is -0.706. The summed E-state index contributed by atoms with van der Waals surface area (Å²) in [5.41, 5.74) is 1.83. The largest absolute Gasteiger partial charge is 0.497 e. The molecule has 4 nitrogen and oxygen atoms in total. The van der Waals surface area contributed by atoms with Crippen LogP contribution in [0.25, 0.3) is 0 Å². The molecule has 0 unspecified atom stereocenters. The molecule has 0 spiro atoms. The van der Waals surface area contributed by atoms with Crippen molar-refractivity contribution in [3.63, 3.8) is 0 Å². The van der Waals surface area contributed by atoms with E-state index in [1.54, 1.807) is 12.0 Å². The van der Waals surface area contributed by atoms with E-state index in [9.17, 15) is 9.90 Å². The van der Waals surface area contributed by atoms with Crippen LogP contribution in [0.1, 0.15) is 11.6 Å². The lowest BCUT2D eigenvalue weighted by atomic mass is 9.78. The number of alkyl halides is 1. The summed E-state index contributed by atoms with van der Waals surface area (Å²) in [5.74, 6) is 0.255. The lowest BCUT2D eigenvalue weighted by Gasteiger charge is -2.49. The molecule has 1 saturated heterocycles. The molecule has 0 aromatic heterocycles. The molecule has 0 saturated carbocycles. The summed E-state index contributed by atoms with van der Waals surface area (Å²) in [6.45, 7) is 0. The van der Waals surface area contributed by atoms with Crippen LogP contribution < -0.4 is 9.64 Å². The van der Waals surface area contributed by atoms with Crippen molar-refractivity contribution in [3.8, 4) is 5.75 Å². The topological polar surface area (TPSA) is 49.8 Å². The highest BCUT2D eigenvalue weighted by atomic mass is 79.9. The van der Waals surface area contributed by atoms with Crippen molar-refractivity contribution < 1.29 is 14.6 Å². The van der Waals surface area contributed by atoms with Gasteiger partial charge in [-0.25, -0.2) is 0 Å². The van der Waals surface area contributed by atoms with Gasteiger partial charge < -0.3 is 14.7 Å². The number of β-lactam (4-membered cyclic amide) rings is 1. The van der Waals surface area contributed by atoms with Gasteiger partial charge in [0.15, 0.2) is 0 Å². The Labute approximate surface area is 143 Å². The third kappa shape index (κ3) is 2.86. The summed E-state index contributed by atoms with van der Waals surface area (Å²) in [6.07, 6.45) is -0.706. The first-order valence-electron chi connectivity index (χ1n) is 7.43. The molecule has 1 N–H and O–H groups in total. The van der Waals surface area contributed by atoms with Gasteiger partial charge in [-0.1, -0.05) is 46.3 Å². The first kappa shape index (κ1) is 16.0. The van der Waals surface area contributed by atoms with Gasteiger partial charge in [-0.2, -0.15) is 0 Å². The fourth-order valence-electron chi connectivity index (χ4n) is 3.02. The van der Waals surface area contributed by atoms with Crippen molar-refractivity contribution in [2.75, 3.05) is 17.3 Å². The highest BCUT2D eigenvalue weighted by molar-refractivity contribution is 9.09. The zero-order chi connectivity index (χ0) is 16.4. The van der Waals surface area contributed by atoms with Crippen molar-refractivity contribution in [3.05, 3.63) is 60.2 Å². The fourth-order valence-corrected chi connectivity index (χ4v) is 3.42. The van der Waals surface area contributed by atoms with Crippen LogP contribution in [0.15, 0.2) is 54.6 Å². The van der Waals surface area contributed by atoms with Crippen LogP contribution in [0.2, 0.25) is 0 Å². The second-order valence-corrected chi connectivity index (χ2v) is 6.16. The Hall–Kier alpha value is -1.85. The van der Waals surface area contributed by atoms with Crippen molar-refractivity contribution in [1.29, 1.82) is 0 Å². The molecule has 23 heavy (non-hydrogen) atoms. The number of nitrogens with zero attached hydrogens (tertiary/aromatic N) is 1. The van der Waals surface area contributed by atoms with Gasteiger partial charge in [0, 0.05) is 11.0 Å². The molecule has 1 fully saturated rings. The summed E-state index contributed by atoms with van der Waals surface area (Å²) < 4.78 is 5.17. The number of anilines is 1. The smallest absolute Gasteiger partial charge is 0.235 e. The van der Waals surface area contributed by atoms with Gasteiger partial charge in [0.2, 0.25) is 5.91 Å². The second kappa shape index (κ2) is 6.72. The van der Waals surface area contributed by atoms with E-state index < -0.39 is 12.0 Å². The van der Waals surface area contributed by atoms with Gasteiger partial charge in [0.25, 0.3) is 0 Å². The predicted molar refractivity (Wildman–Crippen MR) is 93.0 cm³/mol. The number of benzene rings is 2. The molecule has 1 amide bonds. The number of hydrogen-bond donors (Lipinski definition) is 1. The second-order valence-electron chi connectivity index (χ2n) is 5.51. The minimum absolute atomic E-state index is 0.0593. The van der Waals surface area contributed by atoms with E-state index in [1.807, 2.05) is 54.6 Å². The van der Waals surface area contributed by atoms with E-state index >= 15 is 0 Å². The highest BCUT2D eigenvalue weighted by Gasteiger charge is 2.51. The summed E-state index contributed by atoms with van der Waals surface area (Å²) in [7, 11) is 1.61. The lowest BCUT2D eigenvalue weighted by Crippen LogP contribution is -2.59. The van der Waals surface area contributed by atoms with E-state index in [-0.39, 0.29) is 11.9 Å². The molecule has 5 heteroatoms. The van der Waals surface area contributed by atoms with Gasteiger partial charge in [0.05, 0.1) is 25.2 Å². The maximum atomic E-state index is 12.6. The number of hydrogen-bond acceptors (Lipinski definition) is 3. The van der Waals surface area contributed by atoms with Crippen LogP contribution in [-0.2, 0) is 4.79 Å². The Morgan fingerprint density at radius 3 is 2.39 bits per heavy atom. The fraction of sp³-hybridized carbons (Fsp3) is 0.278. The molecule has 2 aromatic rings. The zero-order valence-corrected chi connectivity index (χ0v) is 14.3. The van der Waals surface area contributed by atoms with Crippen LogP contribution in [0.4, 0.5) is 5.69 Å². The quantitative estimate of drug-likeness (QED) is 0.644. The van der Waals surface area contributed by atoms with Gasteiger partial charge in [-0.3, -0.25) is 4.79 Å². The highest BCUT2D eigenvalue weighted by Crippen LogP contribution is 2.45. The molecule has 3 atom stereocenters. The van der Waals surface area contributed by atoms with E-state index in [2.05, 4.69) is 15.9 Å².